The summed E-state index contributed by atoms with van der Waals surface area (Å²) in [6.45, 7) is 0. The summed E-state index contributed by atoms with van der Waals surface area (Å²) in [5, 5.41) is 14.6. The molecule has 0 aliphatic heterocycles. The minimum atomic E-state index is -4.48. The van der Waals surface area contributed by atoms with Crippen molar-refractivity contribution < 1.29 is 13.2 Å². The van der Waals surface area contributed by atoms with Crippen LogP contribution >= 0.6 is 0 Å². The van der Waals surface area contributed by atoms with Gasteiger partial charge in [-0.3, -0.25) is 0 Å². The summed E-state index contributed by atoms with van der Waals surface area (Å²) in [5.41, 5.74) is 5.31. The summed E-state index contributed by atoms with van der Waals surface area (Å²) in [4.78, 5) is 0. The van der Waals surface area contributed by atoms with Gasteiger partial charge in [0.1, 0.15) is 5.69 Å². The van der Waals surface area contributed by atoms with Crippen molar-refractivity contribution >= 4 is 11.6 Å². The predicted molar refractivity (Wildman–Crippen MR) is 126 cm³/mol. The van der Waals surface area contributed by atoms with Crippen LogP contribution in [-0.4, -0.2) is 9.78 Å². The predicted octanol–water partition coefficient (Wildman–Crippen LogP) is 7.11. The summed E-state index contributed by atoms with van der Waals surface area (Å²) < 4.78 is 41.4. The molecule has 0 bridgehead atoms. The fraction of sp³-hybridized carbons (Fsp3) is 0.143. The van der Waals surface area contributed by atoms with Crippen LogP contribution in [0.2, 0.25) is 0 Å². The number of nitrogens with zero attached hydrogens (tertiary/aromatic N) is 3. The van der Waals surface area contributed by atoms with E-state index in [1.54, 1.807) is 10.8 Å². The Kier molecular flexibility index (Phi) is 5.54. The molecule has 0 atom stereocenters. The number of rotatable bonds is 4. The van der Waals surface area contributed by atoms with E-state index in [1.165, 1.54) is 23.3 Å². The zero-order chi connectivity index (χ0) is 23.7. The van der Waals surface area contributed by atoms with E-state index in [0.29, 0.717) is 11.3 Å². The van der Waals surface area contributed by atoms with Gasteiger partial charge in [-0.05, 0) is 72.4 Å². The molecule has 1 aliphatic rings. The van der Waals surface area contributed by atoms with Gasteiger partial charge >= 0.3 is 6.18 Å². The van der Waals surface area contributed by atoms with Crippen molar-refractivity contribution in [2.45, 2.75) is 25.4 Å². The smallest absolute Gasteiger partial charge is 0.240 e. The first-order valence-electron chi connectivity index (χ1n) is 11.0. The minimum Gasteiger partial charge on any atom is -0.240 e. The second-order valence-corrected chi connectivity index (χ2v) is 8.30. The summed E-state index contributed by atoms with van der Waals surface area (Å²) >= 11 is 0. The quantitative estimate of drug-likeness (QED) is 0.308. The Hall–Kier alpha value is -4.11. The first kappa shape index (κ1) is 21.7. The van der Waals surface area contributed by atoms with E-state index in [1.807, 2.05) is 42.6 Å². The first-order valence-corrected chi connectivity index (χ1v) is 11.0. The standard InChI is InChI=1S/C28H20F3N3/c29-28(30,31)25-9-5-8-21(16-25)23(17-32)15-24-18-34(26-10-2-1-3-11-26)33-27(24)22-13-12-19-6-4-7-20(19)14-22/h1-3,5,8-16,18H,4,6-7H2/b23-15+. The Balaban J connectivity index is 1.65. The normalized spacial score (nSPS) is 13.5. The van der Waals surface area contributed by atoms with Crippen LogP contribution in [0.5, 0.6) is 0 Å². The highest BCUT2D eigenvalue weighted by atomic mass is 19.4. The highest BCUT2D eigenvalue weighted by Gasteiger charge is 2.30. The van der Waals surface area contributed by atoms with Crippen LogP contribution in [0.15, 0.2) is 79.0 Å². The third kappa shape index (κ3) is 4.25. The SMILES string of the molecule is N#C/C(=C\c1cn(-c2ccccc2)nc1-c1ccc2c(c1)CCC2)c1cccc(C(F)(F)F)c1. The van der Waals surface area contributed by atoms with E-state index in [9.17, 15) is 18.4 Å². The van der Waals surface area contributed by atoms with Gasteiger partial charge in [-0.25, -0.2) is 4.68 Å². The molecule has 0 saturated carbocycles. The zero-order valence-corrected chi connectivity index (χ0v) is 18.2. The van der Waals surface area contributed by atoms with Crippen molar-refractivity contribution in [2.75, 3.05) is 0 Å². The molecule has 0 fully saturated rings. The van der Waals surface area contributed by atoms with Crippen LogP contribution in [-0.2, 0) is 19.0 Å². The number of allylic oxidation sites excluding steroid dienone is 1. The number of fused-ring (bicyclic) bond motifs is 1. The van der Waals surface area contributed by atoms with E-state index in [-0.39, 0.29) is 11.1 Å². The summed E-state index contributed by atoms with van der Waals surface area (Å²) in [6, 6.07) is 22.8. The Bertz CT molecular complexity index is 1420. The van der Waals surface area contributed by atoms with Crippen molar-refractivity contribution in [3.05, 3.63) is 107 Å². The molecule has 0 amide bonds. The lowest BCUT2D eigenvalue weighted by Crippen LogP contribution is -2.04. The van der Waals surface area contributed by atoms with Gasteiger partial charge in [0, 0.05) is 17.3 Å². The number of aryl methyl sites for hydroxylation is 2. The van der Waals surface area contributed by atoms with Gasteiger partial charge in [0.05, 0.1) is 22.9 Å². The molecule has 4 aromatic rings. The lowest BCUT2D eigenvalue weighted by Gasteiger charge is -2.08. The number of para-hydroxylation sites is 1. The molecule has 0 unspecified atom stereocenters. The van der Waals surface area contributed by atoms with Gasteiger partial charge in [0.2, 0.25) is 0 Å². The highest BCUT2D eigenvalue weighted by molar-refractivity contribution is 5.92. The average molecular weight is 455 g/mol. The minimum absolute atomic E-state index is 0.140. The van der Waals surface area contributed by atoms with Gasteiger partial charge in [-0.2, -0.15) is 23.5 Å². The maximum Gasteiger partial charge on any atom is 0.416 e. The topological polar surface area (TPSA) is 41.6 Å². The maximum atomic E-state index is 13.2. The van der Waals surface area contributed by atoms with Crippen molar-refractivity contribution in [1.29, 1.82) is 5.26 Å². The molecule has 1 aromatic heterocycles. The fourth-order valence-electron chi connectivity index (χ4n) is 4.35. The van der Waals surface area contributed by atoms with E-state index in [0.717, 1.165) is 42.6 Å². The molecule has 6 heteroatoms. The molecule has 3 nitrogen and oxygen atoms in total. The van der Waals surface area contributed by atoms with E-state index < -0.39 is 11.7 Å². The molecule has 1 heterocycles. The lowest BCUT2D eigenvalue weighted by atomic mass is 9.99. The summed E-state index contributed by atoms with van der Waals surface area (Å²) in [6.07, 6.45) is 2.15. The largest absolute Gasteiger partial charge is 0.416 e. The average Bonchev–Trinajstić information content (AvgIpc) is 3.49. The molecule has 0 saturated heterocycles. The first-order chi connectivity index (χ1) is 16.4. The maximum absolute atomic E-state index is 13.2. The van der Waals surface area contributed by atoms with Crippen molar-refractivity contribution in [1.82, 2.24) is 9.78 Å². The molecule has 5 rings (SSSR count). The second-order valence-electron chi connectivity index (χ2n) is 8.30. The second kappa shape index (κ2) is 8.68. The number of benzene rings is 3. The van der Waals surface area contributed by atoms with Crippen LogP contribution < -0.4 is 0 Å². The number of hydrogen-bond donors (Lipinski definition) is 0. The zero-order valence-electron chi connectivity index (χ0n) is 18.2. The monoisotopic (exact) mass is 455 g/mol. The molecule has 0 radical (unpaired) electrons. The number of aromatic nitrogens is 2. The number of halogens is 3. The summed E-state index contributed by atoms with van der Waals surface area (Å²) in [7, 11) is 0. The molecule has 0 N–H and O–H groups in total. The van der Waals surface area contributed by atoms with Crippen LogP contribution in [0.1, 0.15) is 34.2 Å². The van der Waals surface area contributed by atoms with Crippen LogP contribution in [0.4, 0.5) is 13.2 Å². The fourth-order valence-corrected chi connectivity index (χ4v) is 4.35. The van der Waals surface area contributed by atoms with Gasteiger partial charge in [-0.15, -0.1) is 0 Å². The molecule has 34 heavy (non-hydrogen) atoms. The molecule has 1 aliphatic carbocycles. The van der Waals surface area contributed by atoms with E-state index in [2.05, 4.69) is 18.2 Å². The Morgan fingerprint density at radius 1 is 0.941 bits per heavy atom. The van der Waals surface area contributed by atoms with Crippen molar-refractivity contribution in [3.63, 3.8) is 0 Å². The molecule has 3 aromatic carbocycles. The van der Waals surface area contributed by atoms with E-state index >= 15 is 0 Å². The molecule has 168 valence electrons. The van der Waals surface area contributed by atoms with Gasteiger partial charge in [0.15, 0.2) is 0 Å². The highest BCUT2D eigenvalue weighted by Crippen LogP contribution is 2.34. The molecular formula is C28H20F3N3. The molecular weight excluding hydrogens is 435 g/mol. The van der Waals surface area contributed by atoms with Gasteiger partial charge < -0.3 is 0 Å². The van der Waals surface area contributed by atoms with Crippen LogP contribution in [0.3, 0.4) is 0 Å². The van der Waals surface area contributed by atoms with Gasteiger partial charge in [-0.1, -0.05) is 42.5 Å². The third-order valence-corrected chi connectivity index (χ3v) is 6.06. The van der Waals surface area contributed by atoms with Crippen LogP contribution in [0, 0.1) is 11.3 Å². The third-order valence-electron chi connectivity index (χ3n) is 6.06. The van der Waals surface area contributed by atoms with Crippen molar-refractivity contribution in [3.8, 4) is 23.0 Å². The Morgan fingerprint density at radius 2 is 1.74 bits per heavy atom. The number of alkyl halides is 3. The lowest BCUT2D eigenvalue weighted by molar-refractivity contribution is -0.137. The Labute approximate surface area is 195 Å². The van der Waals surface area contributed by atoms with Crippen molar-refractivity contribution in [2.24, 2.45) is 0 Å². The van der Waals surface area contributed by atoms with Gasteiger partial charge in [0.25, 0.3) is 0 Å². The molecule has 0 spiro atoms. The van der Waals surface area contributed by atoms with Crippen LogP contribution in [0.25, 0.3) is 28.6 Å². The number of nitriles is 1. The Morgan fingerprint density at radius 3 is 2.50 bits per heavy atom. The number of hydrogen-bond acceptors (Lipinski definition) is 2. The summed E-state index contributed by atoms with van der Waals surface area (Å²) in [5.74, 6) is 0. The van der Waals surface area contributed by atoms with E-state index in [4.69, 9.17) is 5.10 Å².